The molecule has 3 aromatic rings. The number of allylic oxidation sites excluding steroid dienone is 1. The lowest BCUT2D eigenvalue weighted by atomic mass is 9.95. The Kier molecular flexibility index (Phi) is 6.68. The maximum absolute atomic E-state index is 5.82. The minimum Gasteiger partial charge on any atom is -0.494 e. The number of rotatable bonds is 6. The lowest BCUT2D eigenvalue weighted by Crippen LogP contribution is -2.38. The molecule has 0 spiro atoms. The molecule has 2 nitrogen and oxygen atoms in total. The Labute approximate surface area is 194 Å². The van der Waals surface area contributed by atoms with Gasteiger partial charge in [-0.25, -0.2) is 0 Å². The molecule has 2 aromatic carbocycles. The molecule has 1 unspecified atom stereocenters. The van der Waals surface area contributed by atoms with Crippen molar-refractivity contribution in [2.45, 2.75) is 61.3 Å². The first-order valence-electron chi connectivity index (χ1n) is 11.7. The molecule has 0 saturated carbocycles. The smallest absolute Gasteiger partial charge is 0.120 e. The third-order valence-electron chi connectivity index (χ3n) is 6.47. The van der Waals surface area contributed by atoms with Gasteiger partial charge in [0.2, 0.25) is 0 Å². The van der Waals surface area contributed by atoms with Gasteiger partial charge in [-0.2, -0.15) is 0 Å². The molecule has 162 valence electrons. The lowest BCUT2D eigenvalue weighted by Gasteiger charge is -2.33. The van der Waals surface area contributed by atoms with Gasteiger partial charge in [0.05, 0.1) is 6.61 Å². The molecule has 1 saturated heterocycles. The summed E-state index contributed by atoms with van der Waals surface area (Å²) >= 11 is 3.71. The molecule has 2 aliphatic rings. The summed E-state index contributed by atoms with van der Waals surface area (Å²) in [6.07, 6.45) is 10.2. The molecule has 0 bridgehead atoms. The molecular formula is C27H31NOS2. The minimum absolute atomic E-state index is 0.770. The topological polar surface area (TPSA) is 12.5 Å². The molecule has 1 aromatic heterocycles. The highest BCUT2D eigenvalue weighted by atomic mass is 32.2. The van der Waals surface area contributed by atoms with E-state index in [0.29, 0.717) is 0 Å². The summed E-state index contributed by atoms with van der Waals surface area (Å²) in [4.78, 5) is 5.24. The fraction of sp³-hybridized carbons (Fsp3) is 0.407. The zero-order valence-corrected chi connectivity index (χ0v) is 19.9. The van der Waals surface area contributed by atoms with Crippen LogP contribution >= 0.6 is 23.1 Å². The van der Waals surface area contributed by atoms with E-state index in [1.165, 1.54) is 64.1 Å². The molecule has 1 atom stereocenters. The second-order valence-electron chi connectivity index (χ2n) is 8.65. The number of nitrogens with zero attached hydrogens (tertiary/aromatic N) is 1. The molecule has 0 amide bonds. The van der Waals surface area contributed by atoms with E-state index in [4.69, 9.17) is 4.74 Å². The number of fused-ring (bicyclic) bond motifs is 2. The average Bonchev–Trinajstić information content (AvgIpc) is 3.09. The van der Waals surface area contributed by atoms with Crippen LogP contribution in [0.25, 0.3) is 15.7 Å². The van der Waals surface area contributed by atoms with E-state index < -0.39 is 0 Å². The van der Waals surface area contributed by atoms with E-state index in [0.717, 1.165) is 31.4 Å². The summed E-state index contributed by atoms with van der Waals surface area (Å²) in [6, 6.07) is 16.2. The van der Waals surface area contributed by atoms with E-state index in [1.54, 1.807) is 5.57 Å². The van der Waals surface area contributed by atoms with Gasteiger partial charge in [0.1, 0.15) is 5.75 Å². The molecular weight excluding hydrogens is 418 g/mol. The molecule has 0 aliphatic carbocycles. The van der Waals surface area contributed by atoms with Crippen molar-refractivity contribution in [2.24, 2.45) is 0 Å². The van der Waals surface area contributed by atoms with E-state index in [-0.39, 0.29) is 0 Å². The van der Waals surface area contributed by atoms with Crippen molar-refractivity contribution in [3.8, 4) is 5.75 Å². The summed E-state index contributed by atoms with van der Waals surface area (Å²) < 4.78 is 7.21. The van der Waals surface area contributed by atoms with Crippen LogP contribution in [-0.4, -0.2) is 30.6 Å². The van der Waals surface area contributed by atoms with Crippen LogP contribution in [0.3, 0.4) is 0 Å². The largest absolute Gasteiger partial charge is 0.494 e. The van der Waals surface area contributed by atoms with E-state index in [2.05, 4.69) is 59.7 Å². The molecule has 1 fully saturated rings. The Morgan fingerprint density at radius 1 is 1.10 bits per heavy atom. The van der Waals surface area contributed by atoms with Gasteiger partial charge in [0, 0.05) is 32.5 Å². The van der Waals surface area contributed by atoms with Crippen molar-refractivity contribution in [1.29, 1.82) is 0 Å². The van der Waals surface area contributed by atoms with Crippen molar-refractivity contribution in [3.63, 3.8) is 0 Å². The fourth-order valence-electron chi connectivity index (χ4n) is 4.83. The molecule has 5 rings (SSSR count). The van der Waals surface area contributed by atoms with Gasteiger partial charge >= 0.3 is 0 Å². The van der Waals surface area contributed by atoms with Gasteiger partial charge in [-0.15, -0.1) is 11.3 Å². The summed E-state index contributed by atoms with van der Waals surface area (Å²) in [5.41, 5.74) is 3.01. The monoisotopic (exact) mass is 449 g/mol. The molecule has 0 N–H and O–H groups in total. The fourth-order valence-corrected chi connectivity index (χ4v) is 6.70. The highest BCUT2D eigenvalue weighted by Gasteiger charge is 2.24. The van der Waals surface area contributed by atoms with Crippen LogP contribution in [0.4, 0.5) is 0 Å². The Morgan fingerprint density at radius 3 is 2.97 bits per heavy atom. The van der Waals surface area contributed by atoms with Gasteiger partial charge in [-0.1, -0.05) is 37.2 Å². The van der Waals surface area contributed by atoms with E-state index in [1.807, 2.05) is 29.2 Å². The zero-order valence-electron chi connectivity index (χ0n) is 18.3. The quantitative estimate of drug-likeness (QED) is 0.380. The summed E-state index contributed by atoms with van der Waals surface area (Å²) in [7, 11) is 0. The standard InChI is InChI=1S/C27H31NOS2/c1-2-16-29-22-7-5-8-23(17-22)31-24-11-12-27-25(18-24)26(19-30-27)20-9-10-21-6-3-4-14-28(21)15-13-20/h5,7-8,11-13,17-19,21H,2-4,6,9-10,14-16H2,1H3. The van der Waals surface area contributed by atoms with Gasteiger partial charge in [-0.3, -0.25) is 4.90 Å². The van der Waals surface area contributed by atoms with Crippen molar-refractivity contribution in [2.75, 3.05) is 19.7 Å². The number of hydrogen-bond acceptors (Lipinski definition) is 4. The Morgan fingerprint density at radius 2 is 2.03 bits per heavy atom. The molecule has 31 heavy (non-hydrogen) atoms. The third kappa shape index (κ3) is 4.87. The van der Waals surface area contributed by atoms with Crippen LogP contribution in [0, 0.1) is 0 Å². The number of ether oxygens (including phenoxy) is 1. The zero-order chi connectivity index (χ0) is 21.0. The first-order valence-corrected chi connectivity index (χ1v) is 13.3. The molecule has 2 aliphatic heterocycles. The van der Waals surface area contributed by atoms with Crippen molar-refractivity contribution in [1.82, 2.24) is 4.90 Å². The third-order valence-corrected chi connectivity index (χ3v) is 8.42. The minimum atomic E-state index is 0.770. The predicted molar refractivity (Wildman–Crippen MR) is 135 cm³/mol. The Bertz CT molecular complexity index is 1070. The second-order valence-corrected chi connectivity index (χ2v) is 10.7. The Hall–Kier alpha value is -1.75. The highest BCUT2D eigenvalue weighted by molar-refractivity contribution is 7.99. The maximum atomic E-state index is 5.82. The van der Waals surface area contributed by atoms with Gasteiger partial charge in [-0.05, 0) is 91.6 Å². The van der Waals surface area contributed by atoms with E-state index >= 15 is 0 Å². The van der Waals surface area contributed by atoms with Crippen molar-refractivity contribution >= 4 is 38.8 Å². The Balaban J connectivity index is 1.38. The molecule has 4 heteroatoms. The number of hydrogen-bond donors (Lipinski definition) is 0. The van der Waals surface area contributed by atoms with Crippen molar-refractivity contribution < 1.29 is 4.74 Å². The van der Waals surface area contributed by atoms with Crippen molar-refractivity contribution in [3.05, 3.63) is 59.5 Å². The average molecular weight is 450 g/mol. The normalized spacial score (nSPS) is 19.6. The number of thiophene rings is 1. The predicted octanol–water partition coefficient (Wildman–Crippen LogP) is 7.87. The van der Waals surface area contributed by atoms with Crippen LogP contribution in [0.15, 0.2) is 63.7 Å². The van der Waals surface area contributed by atoms with Crippen LogP contribution in [0.5, 0.6) is 5.75 Å². The van der Waals surface area contributed by atoms with Crippen LogP contribution in [-0.2, 0) is 0 Å². The van der Waals surface area contributed by atoms with Gasteiger partial charge < -0.3 is 4.74 Å². The highest BCUT2D eigenvalue weighted by Crippen LogP contribution is 2.39. The van der Waals surface area contributed by atoms with Crippen LogP contribution < -0.4 is 4.74 Å². The van der Waals surface area contributed by atoms with Gasteiger partial charge in [0.15, 0.2) is 0 Å². The number of piperidine rings is 1. The summed E-state index contributed by atoms with van der Waals surface area (Å²) in [6.45, 7) is 5.31. The number of benzene rings is 2. The maximum Gasteiger partial charge on any atom is 0.120 e. The van der Waals surface area contributed by atoms with Gasteiger partial charge in [0.25, 0.3) is 0 Å². The SMILES string of the molecule is CCCOc1cccc(Sc2ccc3scc(C4=CCN5CCCCC5CC4)c3c2)c1. The first-order chi connectivity index (χ1) is 15.3. The lowest BCUT2D eigenvalue weighted by molar-refractivity contribution is 0.161. The summed E-state index contributed by atoms with van der Waals surface area (Å²) in [5.74, 6) is 0.962. The summed E-state index contributed by atoms with van der Waals surface area (Å²) in [5, 5.41) is 3.80. The second kappa shape index (κ2) is 9.81. The molecule has 0 radical (unpaired) electrons. The van der Waals surface area contributed by atoms with Crippen LogP contribution in [0.2, 0.25) is 0 Å². The first kappa shape index (κ1) is 21.1. The van der Waals surface area contributed by atoms with Crippen LogP contribution in [0.1, 0.15) is 51.0 Å². The molecule has 3 heterocycles. The van der Waals surface area contributed by atoms with E-state index in [9.17, 15) is 0 Å².